The summed E-state index contributed by atoms with van der Waals surface area (Å²) in [5.41, 5.74) is 0. The molecule has 0 aliphatic heterocycles. The first-order valence-corrected chi connectivity index (χ1v) is 6.50. The molecule has 0 spiro atoms. The molecule has 0 radical (unpaired) electrons. The van der Waals surface area contributed by atoms with Crippen molar-refractivity contribution in [3.05, 3.63) is 0 Å². The smallest absolute Gasteiger partial charge is 0.317 e. The van der Waals surface area contributed by atoms with Gasteiger partial charge < -0.3 is 10.2 Å². The van der Waals surface area contributed by atoms with Crippen LogP contribution in [0.4, 0.5) is 4.79 Å². The summed E-state index contributed by atoms with van der Waals surface area (Å²) in [6.45, 7) is 8.49. The number of amides is 2. The van der Waals surface area contributed by atoms with Crippen LogP contribution in [0.25, 0.3) is 0 Å². The number of carbonyl (C=O) groups excluding carboxylic acids is 1. The maximum Gasteiger partial charge on any atom is 0.317 e. The highest BCUT2D eigenvalue weighted by atomic mass is 32.2. The van der Waals surface area contributed by atoms with Crippen LogP contribution in [-0.4, -0.2) is 42.1 Å². The quantitative estimate of drug-likeness (QED) is 0.741. The zero-order valence-electron chi connectivity index (χ0n) is 9.67. The molecule has 0 heterocycles. The number of thioether (sulfide) groups is 1. The van der Waals surface area contributed by atoms with E-state index in [0.29, 0.717) is 5.25 Å². The van der Waals surface area contributed by atoms with Gasteiger partial charge in [-0.3, -0.25) is 0 Å². The topological polar surface area (TPSA) is 32.3 Å². The van der Waals surface area contributed by atoms with Crippen molar-refractivity contribution >= 4 is 17.8 Å². The fourth-order valence-electron chi connectivity index (χ4n) is 1.12. The second-order valence-corrected chi connectivity index (χ2v) is 4.52. The van der Waals surface area contributed by atoms with E-state index < -0.39 is 0 Å². The van der Waals surface area contributed by atoms with Crippen LogP contribution in [0.5, 0.6) is 0 Å². The zero-order valence-corrected chi connectivity index (χ0v) is 10.5. The van der Waals surface area contributed by atoms with E-state index in [0.717, 1.165) is 26.1 Å². The van der Waals surface area contributed by atoms with E-state index in [-0.39, 0.29) is 6.03 Å². The van der Waals surface area contributed by atoms with Gasteiger partial charge in [0.15, 0.2) is 0 Å². The second-order valence-electron chi connectivity index (χ2n) is 3.24. The normalized spacial score (nSPS) is 12.3. The predicted molar refractivity (Wildman–Crippen MR) is 63.9 cm³/mol. The highest BCUT2D eigenvalue weighted by Crippen LogP contribution is 2.07. The van der Waals surface area contributed by atoms with Gasteiger partial charge in [-0.15, -0.1) is 0 Å². The molecule has 0 bridgehead atoms. The van der Waals surface area contributed by atoms with Gasteiger partial charge >= 0.3 is 6.03 Å². The Morgan fingerprint density at radius 3 is 2.43 bits per heavy atom. The van der Waals surface area contributed by atoms with Gasteiger partial charge in [0.1, 0.15) is 0 Å². The van der Waals surface area contributed by atoms with E-state index in [1.165, 1.54) is 0 Å². The maximum atomic E-state index is 11.5. The average Bonchev–Trinajstić information content (AvgIpc) is 2.19. The highest BCUT2D eigenvalue weighted by molar-refractivity contribution is 7.99. The largest absolute Gasteiger partial charge is 0.338 e. The summed E-state index contributed by atoms with van der Waals surface area (Å²) >= 11 is 1.83. The third-order valence-corrected chi connectivity index (χ3v) is 3.32. The van der Waals surface area contributed by atoms with Gasteiger partial charge in [-0.25, -0.2) is 4.79 Å². The highest BCUT2D eigenvalue weighted by Gasteiger charge is 2.08. The predicted octanol–water partition coefficient (Wildman–Crippen LogP) is 2.18. The molecule has 2 amide bonds. The third kappa shape index (κ3) is 5.37. The number of hydrogen-bond donors (Lipinski definition) is 1. The first kappa shape index (κ1) is 13.6. The molecule has 1 unspecified atom stereocenters. The minimum atomic E-state index is 0.0586. The molecule has 0 saturated carbocycles. The van der Waals surface area contributed by atoms with Crippen LogP contribution in [0.2, 0.25) is 0 Å². The molecule has 0 aromatic carbocycles. The number of nitrogens with one attached hydrogen (secondary N) is 1. The van der Waals surface area contributed by atoms with Crippen LogP contribution in [0, 0.1) is 0 Å². The van der Waals surface area contributed by atoms with Gasteiger partial charge in [-0.1, -0.05) is 6.92 Å². The van der Waals surface area contributed by atoms with Crippen LogP contribution in [-0.2, 0) is 0 Å². The van der Waals surface area contributed by atoms with Crippen LogP contribution in [0.15, 0.2) is 0 Å². The Labute approximate surface area is 91.6 Å². The summed E-state index contributed by atoms with van der Waals surface area (Å²) in [5, 5.41) is 3.54. The SMILES string of the molecule is CCN(CC)C(=O)NCCC(C)SC. The minimum absolute atomic E-state index is 0.0586. The van der Waals surface area contributed by atoms with Gasteiger partial charge in [-0.05, 0) is 26.5 Å². The lowest BCUT2D eigenvalue weighted by atomic mass is 10.3. The van der Waals surface area contributed by atoms with Crippen molar-refractivity contribution in [1.29, 1.82) is 0 Å². The van der Waals surface area contributed by atoms with E-state index in [1.54, 1.807) is 4.90 Å². The van der Waals surface area contributed by atoms with Crippen LogP contribution < -0.4 is 5.32 Å². The third-order valence-electron chi connectivity index (χ3n) is 2.28. The summed E-state index contributed by atoms with van der Waals surface area (Å²) in [4.78, 5) is 13.3. The van der Waals surface area contributed by atoms with Crippen molar-refractivity contribution in [2.45, 2.75) is 32.4 Å². The van der Waals surface area contributed by atoms with Crippen molar-refractivity contribution in [2.24, 2.45) is 0 Å². The summed E-state index contributed by atoms with van der Waals surface area (Å²) in [7, 11) is 0. The zero-order chi connectivity index (χ0) is 11.0. The lowest BCUT2D eigenvalue weighted by Crippen LogP contribution is -2.40. The van der Waals surface area contributed by atoms with E-state index >= 15 is 0 Å². The molecule has 0 rings (SSSR count). The van der Waals surface area contributed by atoms with Crippen molar-refractivity contribution in [3.63, 3.8) is 0 Å². The lowest BCUT2D eigenvalue weighted by Gasteiger charge is -2.19. The van der Waals surface area contributed by atoms with E-state index in [2.05, 4.69) is 18.5 Å². The van der Waals surface area contributed by atoms with Gasteiger partial charge in [-0.2, -0.15) is 11.8 Å². The molecule has 84 valence electrons. The monoisotopic (exact) mass is 218 g/mol. The van der Waals surface area contributed by atoms with Gasteiger partial charge in [0.25, 0.3) is 0 Å². The molecular formula is C10H22N2OS. The molecule has 3 nitrogen and oxygen atoms in total. The van der Waals surface area contributed by atoms with Gasteiger partial charge in [0.2, 0.25) is 0 Å². The molecule has 0 aliphatic carbocycles. The molecule has 0 fully saturated rings. The molecular weight excluding hydrogens is 196 g/mol. The van der Waals surface area contributed by atoms with Crippen molar-refractivity contribution in [1.82, 2.24) is 10.2 Å². The molecule has 1 atom stereocenters. The number of hydrogen-bond acceptors (Lipinski definition) is 2. The molecule has 1 N–H and O–H groups in total. The number of nitrogens with zero attached hydrogens (tertiary/aromatic N) is 1. The fourth-order valence-corrected chi connectivity index (χ4v) is 1.48. The Morgan fingerprint density at radius 2 is 2.00 bits per heavy atom. The van der Waals surface area contributed by atoms with Crippen molar-refractivity contribution in [2.75, 3.05) is 25.9 Å². The van der Waals surface area contributed by atoms with Crippen LogP contribution in [0.1, 0.15) is 27.2 Å². The maximum absolute atomic E-state index is 11.5. The number of rotatable bonds is 6. The molecule has 0 saturated heterocycles. The first-order chi connectivity index (χ1) is 6.65. The minimum Gasteiger partial charge on any atom is -0.338 e. The fraction of sp³-hybridized carbons (Fsp3) is 0.900. The summed E-state index contributed by atoms with van der Waals surface area (Å²) in [5.74, 6) is 0. The Balaban J connectivity index is 3.62. The van der Waals surface area contributed by atoms with Gasteiger partial charge in [0, 0.05) is 24.9 Å². The standard InChI is InChI=1S/C10H22N2OS/c1-5-12(6-2)10(13)11-8-7-9(3)14-4/h9H,5-8H2,1-4H3,(H,11,13). The molecule has 14 heavy (non-hydrogen) atoms. The average molecular weight is 218 g/mol. The molecule has 4 heteroatoms. The van der Waals surface area contributed by atoms with E-state index in [4.69, 9.17) is 0 Å². The van der Waals surface area contributed by atoms with Crippen LogP contribution in [0.3, 0.4) is 0 Å². The Kier molecular flexibility index (Phi) is 7.76. The van der Waals surface area contributed by atoms with E-state index in [1.807, 2.05) is 25.6 Å². The Morgan fingerprint density at radius 1 is 1.43 bits per heavy atom. The number of carbonyl (C=O) groups is 1. The van der Waals surface area contributed by atoms with Crippen LogP contribution >= 0.6 is 11.8 Å². The Bertz CT molecular complexity index is 160. The lowest BCUT2D eigenvalue weighted by molar-refractivity contribution is 0.203. The Hall–Kier alpha value is -0.380. The van der Waals surface area contributed by atoms with E-state index in [9.17, 15) is 4.79 Å². The molecule has 0 aromatic rings. The van der Waals surface area contributed by atoms with Crippen molar-refractivity contribution < 1.29 is 4.79 Å². The summed E-state index contributed by atoms with van der Waals surface area (Å²) < 4.78 is 0. The second kappa shape index (κ2) is 7.97. The summed E-state index contributed by atoms with van der Waals surface area (Å²) in [6, 6.07) is 0.0586. The number of urea groups is 1. The molecule has 0 aromatic heterocycles. The first-order valence-electron chi connectivity index (χ1n) is 5.21. The van der Waals surface area contributed by atoms with Gasteiger partial charge in [0.05, 0.1) is 0 Å². The molecule has 0 aliphatic rings. The summed E-state index contributed by atoms with van der Waals surface area (Å²) in [6.07, 6.45) is 3.13. The van der Waals surface area contributed by atoms with Crippen molar-refractivity contribution in [3.8, 4) is 0 Å².